The molecule has 0 saturated carbocycles. The topological polar surface area (TPSA) is 98.9 Å². The quantitative estimate of drug-likeness (QED) is 0.363. The molecule has 0 bridgehead atoms. The molecule has 0 amide bonds. The molecule has 0 unspecified atom stereocenters. The zero-order valence-corrected chi connectivity index (χ0v) is 8.93. The molecule has 6 heteroatoms. The van der Waals surface area contributed by atoms with Crippen LogP contribution in [0.1, 0.15) is 26.7 Å². The van der Waals surface area contributed by atoms with Gasteiger partial charge in [0, 0.05) is 6.42 Å². The second-order valence-electron chi connectivity index (χ2n) is 3.49. The summed E-state index contributed by atoms with van der Waals surface area (Å²) in [4.78, 5) is 30.1. The molecule has 0 spiro atoms. The number of carboxylic acid groups (broad SMARTS) is 1. The highest BCUT2D eigenvalue weighted by molar-refractivity contribution is 5.75. The molecule has 1 atom stereocenters. The number of aliphatic carboxylic acids is 1. The van der Waals surface area contributed by atoms with E-state index in [9.17, 15) is 9.59 Å². The van der Waals surface area contributed by atoms with Gasteiger partial charge < -0.3 is 10.8 Å². The van der Waals surface area contributed by atoms with Crippen LogP contribution in [-0.2, 0) is 19.4 Å². The number of nitrogens with two attached hydrogens (primary N) is 1. The number of rotatable bonds is 7. The van der Waals surface area contributed by atoms with Crippen molar-refractivity contribution in [1.82, 2.24) is 0 Å². The van der Waals surface area contributed by atoms with E-state index in [0.29, 0.717) is 6.42 Å². The molecule has 0 aromatic heterocycles. The van der Waals surface area contributed by atoms with Gasteiger partial charge in [0.15, 0.2) is 0 Å². The first-order valence-corrected chi connectivity index (χ1v) is 4.75. The van der Waals surface area contributed by atoms with Gasteiger partial charge in [-0.25, -0.2) is 4.79 Å². The Balaban J connectivity index is 3.51. The average Bonchev–Trinajstić information content (AvgIpc) is 2.15. The zero-order chi connectivity index (χ0) is 11.8. The first-order chi connectivity index (χ1) is 6.95. The zero-order valence-electron chi connectivity index (χ0n) is 8.93. The first-order valence-electron chi connectivity index (χ1n) is 4.75. The Morgan fingerprint density at radius 2 is 2.00 bits per heavy atom. The largest absolute Gasteiger partial charge is 0.481 e. The molecule has 88 valence electrons. The molecule has 0 aliphatic rings. The van der Waals surface area contributed by atoms with Crippen molar-refractivity contribution in [2.45, 2.75) is 32.7 Å². The fraction of sp³-hybridized carbons (Fsp3) is 0.778. The molecule has 6 nitrogen and oxygen atoms in total. The minimum absolute atomic E-state index is 0.0201. The highest BCUT2D eigenvalue weighted by Crippen LogP contribution is 2.01. The Labute approximate surface area is 88.3 Å². The van der Waals surface area contributed by atoms with Gasteiger partial charge in [-0.05, 0) is 12.3 Å². The highest BCUT2D eigenvalue weighted by atomic mass is 17.2. The lowest BCUT2D eigenvalue weighted by atomic mass is 10.1. The lowest BCUT2D eigenvalue weighted by Gasteiger charge is -2.12. The molecule has 0 aliphatic carbocycles. The van der Waals surface area contributed by atoms with Gasteiger partial charge in [-0.1, -0.05) is 13.8 Å². The Kier molecular flexibility index (Phi) is 6.64. The maximum absolute atomic E-state index is 11.1. The van der Waals surface area contributed by atoms with Crippen LogP contribution in [0.2, 0.25) is 0 Å². The van der Waals surface area contributed by atoms with E-state index in [1.54, 1.807) is 13.8 Å². The first kappa shape index (κ1) is 13.9. The lowest BCUT2D eigenvalue weighted by molar-refractivity contribution is -0.274. The van der Waals surface area contributed by atoms with E-state index in [4.69, 9.17) is 10.8 Å². The van der Waals surface area contributed by atoms with Crippen molar-refractivity contribution in [2.75, 3.05) is 6.61 Å². The van der Waals surface area contributed by atoms with E-state index in [-0.39, 0.29) is 18.9 Å². The third-order valence-electron chi connectivity index (χ3n) is 1.75. The van der Waals surface area contributed by atoms with Crippen LogP contribution in [0, 0.1) is 5.92 Å². The van der Waals surface area contributed by atoms with Gasteiger partial charge >= 0.3 is 11.9 Å². The fourth-order valence-electron chi connectivity index (χ4n) is 0.710. The molecule has 0 radical (unpaired) electrons. The van der Waals surface area contributed by atoms with Crippen molar-refractivity contribution < 1.29 is 24.5 Å². The van der Waals surface area contributed by atoms with Crippen molar-refractivity contribution in [1.29, 1.82) is 0 Å². The van der Waals surface area contributed by atoms with E-state index in [1.807, 2.05) is 0 Å². The van der Waals surface area contributed by atoms with Crippen LogP contribution < -0.4 is 5.73 Å². The standard InChI is InChI=1S/C9H17NO5/c1-6(2)8(10)9(13)15-14-5-3-4-7(11)12/h6,8H,3-5,10H2,1-2H3,(H,11,12)/t8-/m0/s1. The summed E-state index contributed by atoms with van der Waals surface area (Å²) in [6, 6.07) is -0.718. The van der Waals surface area contributed by atoms with Gasteiger partial charge in [0.2, 0.25) is 0 Å². The summed E-state index contributed by atoms with van der Waals surface area (Å²) in [5.74, 6) is -1.58. The Morgan fingerprint density at radius 1 is 1.40 bits per heavy atom. The average molecular weight is 219 g/mol. The Bertz CT molecular complexity index is 217. The number of carbonyl (C=O) groups is 2. The fourth-order valence-corrected chi connectivity index (χ4v) is 0.710. The van der Waals surface area contributed by atoms with E-state index in [1.165, 1.54) is 0 Å². The van der Waals surface area contributed by atoms with Gasteiger partial charge in [0.1, 0.15) is 6.04 Å². The SMILES string of the molecule is CC(C)[C@H](N)C(=O)OOCCCC(=O)O. The van der Waals surface area contributed by atoms with Gasteiger partial charge in [-0.2, -0.15) is 4.89 Å². The summed E-state index contributed by atoms with van der Waals surface area (Å²) in [5, 5.41) is 8.30. The van der Waals surface area contributed by atoms with E-state index in [2.05, 4.69) is 9.78 Å². The van der Waals surface area contributed by atoms with Gasteiger partial charge in [0.05, 0.1) is 6.61 Å². The van der Waals surface area contributed by atoms with Crippen molar-refractivity contribution in [3.8, 4) is 0 Å². The molecule has 0 aliphatic heterocycles. The predicted molar refractivity (Wildman–Crippen MR) is 51.7 cm³/mol. The summed E-state index contributed by atoms with van der Waals surface area (Å²) >= 11 is 0. The summed E-state index contributed by atoms with van der Waals surface area (Å²) in [7, 11) is 0. The summed E-state index contributed by atoms with van der Waals surface area (Å²) in [5.41, 5.74) is 5.47. The van der Waals surface area contributed by atoms with Crippen LogP contribution in [0.3, 0.4) is 0 Å². The lowest BCUT2D eigenvalue weighted by Crippen LogP contribution is -2.37. The molecule has 0 heterocycles. The van der Waals surface area contributed by atoms with E-state index >= 15 is 0 Å². The van der Waals surface area contributed by atoms with E-state index in [0.717, 1.165) is 0 Å². The molecule has 0 aromatic carbocycles. The van der Waals surface area contributed by atoms with Gasteiger partial charge in [-0.3, -0.25) is 9.68 Å². The summed E-state index contributed by atoms with van der Waals surface area (Å²) < 4.78 is 0. The molecule has 0 fully saturated rings. The van der Waals surface area contributed by atoms with Crippen molar-refractivity contribution in [3.05, 3.63) is 0 Å². The maximum Gasteiger partial charge on any atom is 0.359 e. The molecule has 0 rings (SSSR count). The van der Waals surface area contributed by atoms with Gasteiger partial charge in [-0.15, -0.1) is 0 Å². The molecular formula is C9H17NO5. The number of hydrogen-bond acceptors (Lipinski definition) is 5. The summed E-state index contributed by atoms with van der Waals surface area (Å²) in [6.45, 7) is 3.63. The third-order valence-corrected chi connectivity index (χ3v) is 1.75. The smallest absolute Gasteiger partial charge is 0.359 e. The Morgan fingerprint density at radius 3 is 2.47 bits per heavy atom. The van der Waals surface area contributed by atoms with Crippen molar-refractivity contribution >= 4 is 11.9 Å². The predicted octanol–water partition coefficient (Wildman–Crippen LogP) is 0.309. The van der Waals surface area contributed by atoms with Crippen LogP contribution in [-0.4, -0.2) is 29.7 Å². The molecule has 0 saturated heterocycles. The minimum Gasteiger partial charge on any atom is -0.481 e. The monoisotopic (exact) mass is 219 g/mol. The van der Waals surface area contributed by atoms with Crippen LogP contribution in [0.15, 0.2) is 0 Å². The number of hydrogen-bond donors (Lipinski definition) is 2. The molecule has 0 aromatic rings. The minimum atomic E-state index is -0.913. The summed E-state index contributed by atoms with van der Waals surface area (Å²) in [6.07, 6.45) is 0.271. The molecule has 15 heavy (non-hydrogen) atoms. The van der Waals surface area contributed by atoms with Gasteiger partial charge in [0.25, 0.3) is 0 Å². The van der Waals surface area contributed by atoms with Crippen molar-refractivity contribution in [3.63, 3.8) is 0 Å². The Hall–Kier alpha value is -1.14. The van der Waals surface area contributed by atoms with Crippen LogP contribution in [0.5, 0.6) is 0 Å². The van der Waals surface area contributed by atoms with Crippen LogP contribution in [0.25, 0.3) is 0 Å². The molecular weight excluding hydrogens is 202 g/mol. The van der Waals surface area contributed by atoms with Crippen molar-refractivity contribution in [2.24, 2.45) is 11.7 Å². The number of carbonyl (C=O) groups excluding carboxylic acids is 1. The van der Waals surface area contributed by atoms with Crippen LogP contribution in [0.4, 0.5) is 0 Å². The van der Waals surface area contributed by atoms with E-state index < -0.39 is 18.0 Å². The second kappa shape index (κ2) is 7.19. The second-order valence-corrected chi connectivity index (χ2v) is 3.49. The third kappa shape index (κ3) is 6.87. The maximum atomic E-state index is 11.1. The molecule has 3 N–H and O–H groups in total. The normalized spacial score (nSPS) is 12.5. The highest BCUT2D eigenvalue weighted by Gasteiger charge is 2.19. The van der Waals surface area contributed by atoms with Crippen LogP contribution >= 0.6 is 0 Å². The number of carboxylic acids is 1.